The number of hydrogen-bond donors (Lipinski definition) is 1. The summed E-state index contributed by atoms with van der Waals surface area (Å²) in [7, 11) is 0. The smallest absolute Gasteiger partial charge is 0.317 e. The van der Waals surface area contributed by atoms with Crippen molar-refractivity contribution in [2.45, 2.75) is 32.7 Å². The molecule has 1 N–H and O–H groups in total. The van der Waals surface area contributed by atoms with E-state index in [4.69, 9.17) is 16.6 Å². The quantitative estimate of drug-likeness (QED) is 0.846. The lowest BCUT2D eigenvalue weighted by Gasteiger charge is -2.37. The zero-order chi connectivity index (χ0) is 15.1. The summed E-state index contributed by atoms with van der Waals surface area (Å²) in [4.78, 5) is 24.8. The lowest BCUT2D eigenvalue weighted by Crippen LogP contribution is -2.52. The van der Waals surface area contributed by atoms with Crippen LogP contribution in [0.1, 0.15) is 31.2 Å². The van der Waals surface area contributed by atoms with Crippen molar-refractivity contribution < 1.29 is 4.79 Å². The summed E-state index contributed by atoms with van der Waals surface area (Å²) >= 11 is 6.26. The maximum Gasteiger partial charge on any atom is 0.317 e. The number of fused-ring (bicyclic) bond motifs is 1. The van der Waals surface area contributed by atoms with Crippen LogP contribution in [0.3, 0.4) is 0 Å². The van der Waals surface area contributed by atoms with Crippen LogP contribution in [-0.2, 0) is 0 Å². The van der Waals surface area contributed by atoms with Crippen molar-refractivity contribution in [1.29, 1.82) is 0 Å². The predicted molar refractivity (Wildman–Crippen MR) is 82.0 cm³/mol. The molecule has 1 unspecified atom stereocenters. The Bertz CT molecular complexity index is 577. The van der Waals surface area contributed by atoms with Crippen molar-refractivity contribution in [2.75, 3.05) is 31.1 Å². The number of rotatable bonds is 2. The van der Waals surface area contributed by atoms with Crippen molar-refractivity contribution in [3.8, 4) is 0 Å². The molecule has 0 saturated carbocycles. The first-order valence-corrected chi connectivity index (χ1v) is 7.68. The van der Waals surface area contributed by atoms with E-state index in [0.29, 0.717) is 18.2 Å². The maximum atomic E-state index is 11.7. The Morgan fingerprint density at radius 2 is 2.10 bits per heavy atom. The third-order valence-corrected chi connectivity index (χ3v) is 4.49. The largest absolute Gasteiger partial charge is 0.352 e. The Labute approximate surface area is 129 Å². The highest BCUT2D eigenvalue weighted by Crippen LogP contribution is 2.28. The lowest BCUT2D eigenvalue weighted by atomic mass is 10.1. The highest BCUT2D eigenvalue weighted by Gasteiger charge is 2.36. The van der Waals surface area contributed by atoms with Gasteiger partial charge in [-0.25, -0.2) is 14.8 Å². The van der Waals surface area contributed by atoms with Gasteiger partial charge in [0.1, 0.15) is 16.8 Å². The van der Waals surface area contributed by atoms with Gasteiger partial charge in [-0.2, -0.15) is 0 Å². The topological polar surface area (TPSA) is 61.4 Å². The van der Waals surface area contributed by atoms with Gasteiger partial charge >= 0.3 is 6.03 Å². The number of nitrogens with zero attached hydrogens (tertiary/aromatic N) is 4. The van der Waals surface area contributed by atoms with Crippen LogP contribution in [0, 0.1) is 6.92 Å². The predicted octanol–water partition coefficient (Wildman–Crippen LogP) is 1.78. The van der Waals surface area contributed by atoms with Gasteiger partial charge in [0.2, 0.25) is 0 Å². The summed E-state index contributed by atoms with van der Waals surface area (Å²) < 4.78 is 0. The van der Waals surface area contributed by atoms with Crippen LogP contribution in [0.5, 0.6) is 0 Å². The third-order valence-electron chi connectivity index (χ3n) is 4.13. The minimum Gasteiger partial charge on any atom is -0.352 e. The normalized spacial score (nSPS) is 21.8. The molecular weight excluding hydrogens is 290 g/mol. The molecule has 1 aromatic rings. The van der Waals surface area contributed by atoms with Crippen molar-refractivity contribution in [2.24, 2.45) is 0 Å². The molecule has 0 bridgehead atoms. The fourth-order valence-electron chi connectivity index (χ4n) is 2.86. The van der Waals surface area contributed by atoms with Crippen LogP contribution in [0.2, 0.25) is 5.15 Å². The van der Waals surface area contributed by atoms with E-state index < -0.39 is 0 Å². The van der Waals surface area contributed by atoms with Crippen LogP contribution in [0.25, 0.3) is 0 Å². The number of amides is 2. The first-order valence-electron chi connectivity index (χ1n) is 7.31. The van der Waals surface area contributed by atoms with Gasteiger partial charge in [0.05, 0.1) is 6.04 Å². The second-order valence-corrected chi connectivity index (χ2v) is 6.31. The fourth-order valence-corrected chi connectivity index (χ4v) is 3.03. The number of aromatic nitrogens is 2. The molecule has 0 aromatic carbocycles. The van der Waals surface area contributed by atoms with Crippen LogP contribution in [-0.4, -0.2) is 53.1 Å². The van der Waals surface area contributed by atoms with Gasteiger partial charge in [0.25, 0.3) is 0 Å². The number of nitrogens with one attached hydrogen (secondary N) is 1. The molecule has 1 atom stereocenters. The molecule has 114 valence electrons. The van der Waals surface area contributed by atoms with Crippen molar-refractivity contribution >= 4 is 23.4 Å². The molecule has 3 rings (SSSR count). The molecule has 6 nitrogen and oxygen atoms in total. The second kappa shape index (κ2) is 5.33. The number of carbonyl (C=O) groups excluding carboxylic acids is 1. The highest BCUT2D eigenvalue weighted by atomic mass is 35.5. The number of urea groups is 1. The number of anilines is 1. The van der Waals surface area contributed by atoms with E-state index in [0.717, 1.165) is 30.3 Å². The molecule has 0 radical (unpaired) electrons. The molecule has 7 heteroatoms. The average molecular weight is 310 g/mol. The number of halogens is 1. The summed E-state index contributed by atoms with van der Waals surface area (Å²) in [5, 5.41) is 3.41. The van der Waals surface area contributed by atoms with Gasteiger partial charge in [-0.05, 0) is 6.92 Å². The number of carbonyl (C=O) groups is 1. The van der Waals surface area contributed by atoms with E-state index in [2.05, 4.69) is 29.0 Å². The van der Waals surface area contributed by atoms with Gasteiger partial charge in [-0.15, -0.1) is 0 Å². The Morgan fingerprint density at radius 1 is 1.33 bits per heavy atom. The van der Waals surface area contributed by atoms with Gasteiger partial charge in [0, 0.05) is 37.7 Å². The molecule has 1 aromatic heterocycles. The second-order valence-electron chi connectivity index (χ2n) is 5.96. The monoisotopic (exact) mass is 309 g/mol. The molecule has 0 spiro atoms. The van der Waals surface area contributed by atoms with Crippen LogP contribution < -0.4 is 10.2 Å². The zero-order valence-electron chi connectivity index (χ0n) is 12.6. The molecule has 3 heterocycles. The molecule has 0 aliphatic carbocycles. The zero-order valence-corrected chi connectivity index (χ0v) is 13.3. The summed E-state index contributed by atoms with van der Waals surface area (Å²) in [5.41, 5.74) is 0.909. The summed E-state index contributed by atoms with van der Waals surface area (Å²) in [6.45, 7) is 9.04. The molecule has 2 fully saturated rings. The maximum absolute atomic E-state index is 11.7. The van der Waals surface area contributed by atoms with Crippen molar-refractivity contribution in [1.82, 2.24) is 20.2 Å². The van der Waals surface area contributed by atoms with E-state index in [1.165, 1.54) is 0 Å². The lowest BCUT2D eigenvalue weighted by molar-refractivity contribution is 0.197. The van der Waals surface area contributed by atoms with Gasteiger partial charge in [0.15, 0.2) is 0 Å². The molecule has 2 aliphatic rings. The highest BCUT2D eigenvalue weighted by molar-refractivity contribution is 6.30. The van der Waals surface area contributed by atoms with Gasteiger partial charge < -0.3 is 15.1 Å². The van der Waals surface area contributed by atoms with Crippen molar-refractivity contribution in [3.05, 3.63) is 16.5 Å². The van der Waals surface area contributed by atoms with Gasteiger partial charge in [-0.1, -0.05) is 25.4 Å². The molecule has 21 heavy (non-hydrogen) atoms. The standard InChI is InChI=1S/C14H20ClN5O/c1-8(2)12-17-11(15)9(3)13(18-12)19-4-5-20-10(7-19)6-16-14(20)21/h8,10H,4-7H2,1-3H3,(H,16,21). The van der Waals surface area contributed by atoms with Crippen LogP contribution in [0.4, 0.5) is 10.6 Å². The van der Waals surface area contributed by atoms with E-state index in [1.54, 1.807) is 0 Å². The Hall–Kier alpha value is -1.56. The first kappa shape index (κ1) is 14.4. The van der Waals surface area contributed by atoms with E-state index in [9.17, 15) is 4.79 Å². The summed E-state index contributed by atoms with van der Waals surface area (Å²) in [6, 6.07) is 0.252. The Morgan fingerprint density at radius 3 is 2.81 bits per heavy atom. The van der Waals surface area contributed by atoms with Gasteiger partial charge in [-0.3, -0.25) is 0 Å². The van der Waals surface area contributed by atoms with E-state index in [1.807, 2.05) is 11.8 Å². The number of hydrogen-bond acceptors (Lipinski definition) is 4. The molecule has 2 amide bonds. The average Bonchev–Trinajstić information content (AvgIpc) is 2.82. The summed E-state index contributed by atoms with van der Waals surface area (Å²) in [5.74, 6) is 1.90. The molecular formula is C14H20ClN5O. The number of piperazine rings is 1. The molecule has 2 saturated heterocycles. The van der Waals surface area contributed by atoms with Crippen LogP contribution in [0.15, 0.2) is 0 Å². The third kappa shape index (κ3) is 2.52. The fraction of sp³-hybridized carbons (Fsp3) is 0.643. The summed E-state index contributed by atoms with van der Waals surface area (Å²) in [6.07, 6.45) is 0. The molecule has 2 aliphatic heterocycles. The minimum absolute atomic E-state index is 0.0416. The van der Waals surface area contributed by atoms with Crippen LogP contribution >= 0.6 is 11.6 Å². The Balaban J connectivity index is 1.89. The van der Waals surface area contributed by atoms with E-state index in [-0.39, 0.29) is 18.0 Å². The van der Waals surface area contributed by atoms with Crippen molar-refractivity contribution in [3.63, 3.8) is 0 Å². The SMILES string of the molecule is Cc1c(Cl)nc(C(C)C)nc1N1CCN2C(=O)NCC2C1. The minimum atomic E-state index is 0.0416. The van der Waals surface area contributed by atoms with E-state index >= 15 is 0 Å². The Kier molecular flexibility index (Phi) is 3.65. The first-order chi connectivity index (χ1) is 9.97.